The zero-order valence-corrected chi connectivity index (χ0v) is 27.5. The molecule has 0 radical (unpaired) electrons. The van der Waals surface area contributed by atoms with Gasteiger partial charge in [-0.1, -0.05) is 66.6 Å². The molecular formula is C43H37N5O. The van der Waals surface area contributed by atoms with Crippen molar-refractivity contribution in [1.82, 2.24) is 9.97 Å². The van der Waals surface area contributed by atoms with Crippen LogP contribution < -0.4 is 14.5 Å². The first-order valence-electron chi connectivity index (χ1n) is 19.1. The predicted molar refractivity (Wildman–Crippen MR) is 199 cm³/mol. The highest BCUT2D eigenvalue weighted by Crippen LogP contribution is 2.44. The minimum absolute atomic E-state index is 0.126. The molecule has 6 nitrogen and oxygen atoms in total. The Labute approximate surface area is 295 Å². The topological polar surface area (TPSA) is 45.9 Å². The zero-order valence-electron chi connectivity index (χ0n) is 32.5. The van der Waals surface area contributed by atoms with Crippen LogP contribution >= 0.6 is 0 Å². The SMILES string of the molecule is [2H]c1c([2H])c([2H])c(-c2cnc(N3CCCc4c([N+]#[C-])cc(Oc5ccc6c(c5)N(c5cc(C)c(-c7ccccc7)cn5)CCC6)cc43)cc2C)c([2H])c1[2H]. The molecule has 0 amide bonds. The summed E-state index contributed by atoms with van der Waals surface area (Å²) in [4.78, 5) is 17.9. The summed E-state index contributed by atoms with van der Waals surface area (Å²) < 4.78 is 47.7. The third kappa shape index (κ3) is 5.89. The van der Waals surface area contributed by atoms with E-state index < -0.39 is 6.04 Å². The Morgan fingerprint density at radius 3 is 2.06 bits per heavy atom. The molecule has 2 aliphatic rings. The maximum absolute atomic E-state index is 8.47. The van der Waals surface area contributed by atoms with E-state index in [0.717, 1.165) is 77.2 Å². The number of ether oxygens (including phenoxy) is 1. The third-order valence-electron chi connectivity index (χ3n) is 9.41. The number of pyridine rings is 2. The van der Waals surface area contributed by atoms with Crippen LogP contribution in [0.15, 0.2) is 115 Å². The Hall–Kier alpha value is -5.93. The van der Waals surface area contributed by atoms with Crippen molar-refractivity contribution in [3.63, 3.8) is 0 Å². The molecule has 4 aromatic carbocycles. The van der Waals surface area contributed by atoms with E-state index in [1.54, 1.807) is 12.3 Å². The highest BCUT2D eigenvalue weighted by Gasteiger charge is 2.25. The lowest BCUT2D eigenvalue weighted by molar-refractivity contribution is 0.482. The minimum Gasteiger partial charge on any atom is -0.459 e. The maximum Gasteiger partial charge on any atom is 0.196 e. The van der Waals surface area contributed by atoms with Crippen molar-refractivity contribution >= 4 is 28.7 Å². The van der Waals surface area contributed by atoms with Gasteiger partial charge in [-0.25, -0.2) is 14.8 Å². The monoisotopic (exact) mass is 644 g/mol. The summed E-state index contributed by atoms with van der Waals surface area (Å²) in [6.45, 7) is 13.5. The Bertz CT molecular complexity index is 2470. The van der Waals surface area contributed by atoms with Crippen LogP contribution in [0.4, 0.5) is 28.7 Å². The van der Waals surface area contributed by atoms with Gasteiger partial charge in [-0.15, -0.1) is 0 Å². The van der Waals surface area contributed by atoms with Crippen LogP contribution in [0, 0.1) is 20.4 Å². The van der Waals surface area contributed by atoms with E-state index in [0.29, 0.717) is 35.1 Å². The summed E-state index contributed by atoms with van der Waals surface area (Å²) in [5, 5.41) is 0. The maximum atomic E-state index is 8.47. The van der Waals surface area contributed by atoms with Crippen LogP contribution in [0.5, 0.6) is 11.5 Å². The molecule has 4 heterocycles. The lowest BCUT2D eigenvalue weighted by Gasteiger charge is -2.32. The molecule has 0 spiro atoms. The zero-order chi connectivity index (χ0) is 37.7. The van der Waals surface area contributed by atoms with Gasteiger partial charge in [-0.05, 0) is 97.2 Å². The van der Waals surface area contributed by atoms with E-state index in [2.05, 4.69) is 51.9 Å². The molecule has 0 atom stereocenters. The van der Waals surface area contributed by atoms with E-state index >= 15 is 0 Å². The minimum atomic E-state index is -0.428. The van der Waals surface area contributed by atoms with Gasteiger partial charge < -0.3 is 14.5 Å². The van der Waals surface area contributed by atoms with Gasteiger partial charge in [0.15, 0.2) is 5.69 Å². The van der Waals surface area contributed by atoms with Crippen molar-refractivity contribution in [3.8, 4) is 33.8 Å². The normalized spacial score (nSPS) is 15.2. The van der Waals surface area contributed by atoms with Crippen LogP contribution in [0.3, 0.4) is 0 Å². The average molecular weight is 645 g/mol. The van der Waals surface area contributed by atoms with Crippen LogP contribution in [0.2, 0.25) is 0 Å². The van der Waals surface area contributed by atoms with Crippen molar-refractivity contribution in [2.75, 3.05) is 22.9 Å². The van der Waals surface area contributed by atoms with Crippen LogP contribution in [-0.2, 0) is 12.8 Å². The number of hydrogen-bond acceptors (Lipinski definition) is 5. The fraction of sp³-hybridized carbons (Fsp3) is 0.186. The Balaban J connectivity index is 1.11. The second-order valence-corrected chi connectivity index (χ2v) is 12.5. The van der Waals surface area contributed by atoms with Crippen molar-refractivity contribution in [1.29, 1.82) is 0 Å². The quantitative estimate of drug-likeness (QED) is 0.169. The smallest absolute Gasteiger partial charge is 0.196 e. The number of aromatic nitrogens is 2. The number of hydrogen-bond donors (Lipinski definition) is 0. The number of anilines is 4. The lowest BCUT2D eigenvalue weighted by Crippen LogP contribution is -2.25. The van der Waals surface area contributed by atoms with Gasteiger partial charge in [0.2, 0.25) is 0 Å². The first kappa shape index (κ1) is 25.1. The summed E-state index contributed by atoms with van der Waals surface area (Å²) in [6, 6.07) is 22.5. The van der Waals surface area contributed by atoms with Gasteiger partial charge in [-0.3, -0.25) is 0 Å². The van der Waals surface area contributed by atoms with Crippen molar-refractivity contribution < 1.29 is 11.6 Å². The van der Waals surface area contributed by atoms with Gasteiger partial charge in [0.25, 0.3) is 0 Å². The summed E-state index contributed by atoms with van der Waals surface area (Å²) in [6.07, 6.45) is 7.07. The largest absolute Gasteiger partial charge is 0.459 e. The standard InChI is InChI=1S/C43H37N5O/c1-29-22-42(45-27-37(29)31-12-6-4-7-13-31)47-20-10-16-33-18-19-34(25-40(33)47)49-35-24-39(44-3)36-17-11-21-48(41(36)26-35)43-23-30(2)38(28-46-43)32-14-8-5-9-15-32/h4-9,12-15,18-19,22-28H,10-11,16-17,20-21H2,1-2H3/i5D,8D,9D,14D,15D. The molecule has 0 aliphatic carbocycles. The second-order valence-electron chi connectivity index (χ2n) is 12.5. The molecule has 6 heteroatoms. The Kier molecular flexibility index (Phi) is 6.63. The molecule has 0 saturated heterocycles. The number of nitrogens with zero attached hydrogens (tertiary/aromatic N) is 5. The fourth-order valence-corrected chi connectivity index (χ4v) is 6.98. The number of fused-ring (bicyclic) bond motifs is 2. The fourth-order valence-electron chi connectivity index (χ4n) is 6.98. The molecule has 0 unspecified atom stereocenters. The van der Waals surface area contributed by atoms with E-state index in [1.807, 2.05) is 49.5 Å². The van der Waals surface area contributed by atoms with E-state index in [9.17, 15) is 0 Å². The number of rotatable bonds is 6. The van der Waals surface area contributed by atoms with Gasteiger partial charge in [-0.2, -0.15) is 0 Å². The number of aryl methyl sites for hydroxylation is 3. The lowest BCUT2D eigenvalue weighted by atomic mass is 9.98. The molecule has 8 rings (SSSR count). The summed E-state index contributed by atoms with van der Waals surface area (Å²) in [5.74, 6) is 2.74. The van der Waals surface area contributed by atoms with Gasteiger partial charge in [0, 0.05) is 60.1 Å². The van der Waals surface area contributed by atoms with Crippen molar-refractivity contribution in [2.45, 2.75) is 39.5 Å². The summed E-state index contributed by atoms with van der Waals surface area (Å²) in [7, 11) is 0. The van der Waals surface area contributed by atoms with Crippen molar-refractivity contribution in [3.05, 3.63) is 149 Å². The predicted octanol–water partition coefficient (Wildman–Crippen LogP) is 10.9. The average Bonchev–Trinajstić information content (AvgIpc) is 3.19. The van der Waals surface area contributed by atoms with Crippen LogP contribution in [0.1, 0.15) is 41.9 Å². The van der Waals surface area contributed by atoms with Gasteiger partial charge in [0.05, 0.1) is 13.4 Å². The Morgan fingerprint density at radius 2 is 1.37 bits per heavy atom. The molecule has 0 N–H and O–H groups in total. The number of benzene rings is 4. The molecule has 0 saturated carbocycles. The third-order valence-corrected chi connectivity index (χ3v) is 9.41. The molecule has 0 fully saturated rings. The summed E-state index contributed by atoms with van der Waals surface area (Å²) >= 11 is 0. The van der Waals surface area contributed by atoms with E-state index in [-0.39, 0.29) is 29.7 Å². The molecule has 0 bridgehead atoms. The van der Waals surface area contributed by atoms with Crippen LogP contribution in [-0.4, -0.2) is 23.1 Å². The molecule has 49 heavy (non-hydrogen) atoms. The molecule has 2 aromatic heterocycles. The first-order valence-corrected chi connectivity index (χ1v) is 16.6. The molecule has 6 aromatic rings. The van der Waals surface area contributed by atoms with Gasteiger partial charge in [0.1, 0.15) is 23.1 Å². The van der Waals surface area contributed by atoms with E-state index in [4.69, 9.17) is 28.1 Å². The second kappa shape index (κ2) is 12.9. The molecule has 240 valence electrons. The summed E-state index contributed by atoms with van der Waals surface area (Å²) in [5.41, 5.74) is 9.31. The highest BCUT2D eigenvalue weighted by molar-refractivity contribution is 5.78. The van der Waals surface area contributed by atoms with E-state index in [1.165, 1.54) is 5.56 Å². The Morgan fingerprint density at radius 1 is 0.714 bits per heavy atom. The van der Waals surface area contributed by atoms with Gasteiger partial charge >= 0.3 is 0 Å². The first-order chi connectivity index (χ1) is 26.1. The van der Waals surface area contributed by atoms with Crippen LogP contribution in [0.25, 0.3) is 27.1 Å². The molecule has 2 aliphatic heterocycles. The van der Waals surface area contributed by atoms with Crippen molar-refractivity contribution in [2.24, 2.45) is 0 Å². The molecular weight excluding hydrogens is 603 g/mol. The highest BCUT2D eigenvalue weighted by atomic mass is 16.5.